The van der Waals surface area contributed by atoms with E-state index in [9.17, 15) is 9.59 Å². The maximum Gasteiger partial charge on any atom is 0.303 e. The first-order chi connectivity index (χ1) is 14.8. The Kier molecular flexibility index (Phi) is 7.39. The van der Waals surface area contributed by atoms with Gasteiger partial charge in [-0.3, -0.25) is 9.59 Å². The Labute approximate surface area is 191 Å². The van der Waals surface area contributed by atoms with Crippen LogP contribution in [0.15, 0.2) is 66.7 Å². The standard InChI is InChI=1S/C24H21ClN2O3S/c1-15-6-2-3-7-17(15)24(31)18-11-10-16(14-19(18)25)26-20-8-4-5-9-21(20)27-22(28)12-13-23(29)30/h2-11,14,26H,12-13H2,1H3,(H,27,28)(H,29,30). The van der Waals surface area contributed by atoms with Crippen molar-refractivity contribution in [3.63, 3.8) is 0 Å². The summed E-state index contributed by atoms with van der Waals surface area (Å²) in [6.45, 7) is 2.01. The molecule has 3 N–H and O–H groups in total. The maximum atomic E-state index is 12.0. The van der Waals surface area contributed by atoms with Crippen molar-refractivity contribution in [2.45, 2.75) is 19.8 Å². The van der Waals surface area contributed by atoms with Gasteiger partial charge in [-0.1, -0.05) is 60.2 Å². The van der Waals surface area contributed by atoms with Crippen LogP contribution in [0.4, 0.5) is 17.1 Å². The van der Waals surface area contributed by atoms with Crippen LogP contribution in [-0.4, -0.2) is 21.8 Å². The van der Waals surface area contributed by atoms with E-state index in [0.29, 0.717) is 21.3 Å². The summed E-state index contributed by atoms with van der Waals surface area (Å²) < 4.78 is 0. The summed E-state index contributed by atoms with van der Waals surface area (Å²) in [4.78, 5) is 23.4. The van der Waals surface area contributed by atoms with Gasteiger partial charge in [0, 0.05) is 17.7 Å². The molecule has 3 aromatic carbocycles. The summed E-state index contributed by atoms with van der Waals surface area (Å²) in [5, 5.41) is 15.2. The van der Waals surface area contributed by atoms with Gasteiger partial charge in [0.1, 0.15) is 0 Å². The first kappa shape index (κ1) is 22.5. The topological polar surface area (TPSA) is 78.4 Å². The number of carboxylic acids is 1. The molecule has 0 saturated carbocycles. The molecule has 0 unspecified atom stereocenters. The summed E-state index contributed by atoms with van der Waals surface area (Å²) in [6, 6.07) is 20.6. The van der Waals surface area contributed by atoms with E-state index in [2.05, 4.69) is 10.6 Å². The number of para-hydroxylation sites is 2. The highest BCUT2D eigenvalue weighted by molar-refractivity contribution is 7.81. The van der Waals surface area contributed by atoms with E-state index >= 15 is 0 Å². The van der Waals surface area contributed by atoms with Gasteiger partial charge < -0.3 is 15.7 Å². The number of thiocarbonyl (C=S) groups is 1. The maximum absolute atomic E-state index is 12.0. The zero-order valence-electron chi connectivity index (χ0n) is 16.8. The number of aliphatic carboxylic acids is 1. The Hall–Kier alpha value is -3.22. The molecular formula is C24H21ClN2O3S. The molecule has 0 aromatic heterocycles. The lowest BCUT2D eigenvalue weighted by molar-refractivity contribution is -0.138. The largest absolute Gasteiger partial charge is 0.481 e. The van der Waals surface area contributed by atoms with Gasteiger partial charge in [-0.2, -0.15) is 0 Å². The summed E-state index contributed by atoms with van der Waals surface area (Å²) in [5.74, 6) is -1.38. The van der Waals surface area contributed by atoms with E-state index in [4.69, 9.17) is 28.9 Å². The number of benzene rings is 3. The summed E-state index contributed by atoms with van der Waals surface area (Å²) >= 11 is 12.2. The molecule has 158 valence electrons. The minimum Gasteiger partial charge on any atom is -0.481 e. The van der Waals surface area contributed by atoms with Gasteiger partial charge in [-0.25, -0.2) is 0 Å². The molecule has 0 spiro atoms. The average Bonchev–Trinajstić information content (AvgIpc) is 2.74. The van der Waals surface area contributed by atoms with Gasteiger partial charge in [0.05, 0.1) is 27.7 Å². The monoisotopic (exact) mass is 452 g/mol. The molecule has 1 amide bonds. The first-order valence-electron chi connectivity index (χ1n) is 9.62. The van der Waals surface area contributed by atoms with E-state index in [-0.39, 0.29) is 18.7 Å². The van der Waals surface area contributed by atoms with E-state index < -0.39 is 5.97 Å². The third kappa shape index (κ3) is 5.90. The van der Waals surface area contributed by atoms with Crippen LogP contribution in [0.2, 0.25) is 5.02 Å². The highest BCUT2D eigenvalue weighted by atomic mass is 35.5. The molecule has 3 aromatic rings. The number of hydrogen-bond donors (Lipinski definition) is 3. The van der Waals surface area contributed by atoms with Crippen LogP contribution in [0.1, 0.15) is 29.5 Å². The number of nitrogens with one attached hydrogen (secondary N) is 2. The normalized spacial score (nSPS) is 10.4. The molecule has 0 saturated heterocycles. The minimum absolute atomic E-state index is 0.0967. The first-order valence-corrected chi connectivity index (χ1v) is 10.4. The number of rotatable bonds is 8. The molecule has 0 aliphatic carbocycles. The molecule has 7 heteroatoms. The molecule has 0 fully saturated rings. The van der Waals surface area contributed by atoms with E-state index in [1.54, 1.807) is 18.2 Å². The van der Waals surface area contributed by atoms with Crippen molar-refractivity contribution in [2.75, 3.05) is 10.6 Å². The fourth-order valence-corrected chi connectivity index (χ4v) is 3.78. The highest BCUT2D eigenvalue weighted by Gasteiger charge is 2.13. The van der Waals surface area contributed by atoms with Crippen molar-refractivity contribution in [3.8, 4) is 0 Å². The van der Waals surface area contributed by atoms with Crippen LogP contribution in [-0.2, 0) is 9.59 Å². The van der Waals surface area contributed by atoms with E-state index in [1.807, 2.05) is 55.5 Å². The fourth-order valence-electron chi connectivity index (χ4n) is 3.04. The number of halogens is 1. The van der Waals surface area contributed by atoms with Crippen LogP contribution in [0.5, 0.6) is 0 Å². The number of carboxylic acid groups (broad SMARTS) is 1. The van der Waals surface area contributed by atoms with Gasteiger partial charge in [0.25, 0.3) is 0 Å². The minimum atomic E-state index is -1.01. The van der Waals surface area contributed by atoms with Crippen LogP contribution in [0.3, 0.4) is 0 Å². The Morgan fingerprint density at radius 3 is 2.29 bits per heavy atom. The number of carbonyl (C=O) groups is 2. The number of hydrogen-bond acceptors (Lipinski definition) is 4. The zero-order chi connectivity index (χ0) is 22.4. The predicted molar refractivity (Wildman–Crippen MR) is 129 cm³/mol. The zero-order valence-corrected chi connectivity index (χ0v) is 18.4. The van der Waals surface area contributed by atoms with Crippen molar-refractivity contribution in [1.29, 1.82) is 0 Å². The van der Waals surface area contributed by atoms with Gasteiger partial charge >= 0.3 is 5.97 Å². The molecule has 0 radical (unpaired) electrons. The van der Waals surface area contributed by atoms with Gasteiger partial charge in [0.2, 0.25) is 5.91 Å². The van der Waals surface area contributed by atoms with Gasteiger partial charge in [-0.15, -0.1) is 0 Å². The lowest BCUT2D eigenvalue weighted by Crippen LogP contribution is -2.14. The van der Waals surface area contributed by atoms with Crippen LogP contribution in [0, 0.1) is 6.92 Å². The number of amides is 1. The number of carbonyl (C=O) groups excluding carboxylic acids is 1. The Bertz CT molecular complexity index is 1150. The SMILES string of the molecule is Cc1ccccc1C(=S)c1ccc(Nc2ccccc2NC(=O)CCC(=O)O)cc1Cl. The fraction of sp³-hybridized carbons (Fsp3) is 0.125. The Balaban J connectivity index is 1.78. The molecule has 5 nitrogen and oxygen atoms in total. The van der Waals surface area contributed by atoms with Gasteiger partial charge in [0.15, 0.2) is 0 Å². The molecule has 31 heavy (non-hydrogen) atoms. The smallest absolute Gasteiger partial charge is 0.303 e. The van der Waals surface area contributed by atoms with Crippen LogP contribution in [0.25, 0.3) is 0 Å². The molecular weight excluding hydrogens is 432 g/mol. The third-order valence-corrected chi connectivity index (χ3v) is 5.40. The van der Waals surface area contributed by atoms with Crippen molar-refractivity contribution in [3.05, 3.63) is 88.4 Å². The molecule has 0 heterocycles. The number of anilines is 3. The van der Waals surface area contributed by atoms with Crippen molar-refractivity contribution in [2.24, 2.45) is 0 Å². The third-order valence-electron chi connectivity index (χ3n) is 4.65. The Morgan fingerprint density at radius 2 is 1.61 bits per heavy atom. The summed E-state index contributed by atoms with van der Waals surface area (Å²) in [5.41, 5.74) is 4.76. The van der Waals surface area contributed by atoms with Crippen molar-refractivity contribution >= 4 is 57.6 Å². The highest BCUT2D eigenvalue weighted by Crippen LogP contribution is 2.30. The van der Waals surface area contributed by atoms with E-state index in [0.717, 1.165) is 22.4 Å². The van der Waals surface area contributed by atoms with Crippen molar-refractivity contribution in [1.82, 2.24) is 0 Å². The molecule has 3 rings (SSSR count). The molecule has 0 bridgehead atoms. The lowest BCUT2D eigenvalue weighted by atomic mass is 10.00. The average molecular weight is 453 g/mol. The second-order valence-electron chi connectivity index (χ2n) is 6.95. The van der Waals surface area contributed by atoms with Crippen LogP contribution < -0.4 is 10.6 Å². The summed E-state index contributed by atoms with van der Waals surface area (Å²) in [7, 11) is 0. The van der Waals surface area contributed by atoms with Crippen molar-refractivity contribution < 1.29 is 14.7 Å². The second-order valence-corrected chi connectivity index (χ2v) is 7.77. The summed E-state index contributed by atoms with van der Waals surface area (Å²) in [6.07, 6.45) is -0.320. The Morgan fingerprint density at radius 1 is 0.935 bits per heavy atom. The van der Waals surface area contributed by atoms with Gasteiger partial charge in [-0.05, 0) is 48.4 Å². The lowest BCUT2D eigenvalue weighted by Gasteiger charge is -2.15. The van der Waals surface area contributed by atoms with E-state index in [1.165, 1.54) is 0 Å². The predicted octanol–water partition coefficient (Wildman–Crippen LogP) is 5.96. The molecule has 0 atom stereocenters. The van der Waals surface area contributed by atoms with Crippen LogP contribution >= 0.6 is 23.8 Å². The quantitative estimate of drug-likeness (QED) is 0.290. The number of aryl methyl sites for hydroxylation is 1. The molecule has 0 aliphatic heterocycles. The second kappa shape index (κ2) is 10.2. The molecule has 0 aliphatic rings.